The highest BCUT2D eigenvalue weighted by Crippen LogP contribution is 2.36. The molecule has 1 amide bonds. The Hall–Kier alpha value is -2.11. The Bertz CT molecular complexity index is 558. The minimum atomic E-state index is -0.872. The standard InChI is InChI=1S/C14H18N2O4/c17-11-6-4-5-10(16-11)12(18)15-9-14(13(19)20)7-2-1-3-8-14/h4-6H,1-3,7-9H2,(H,15,18)(H,16,17)(H,19,20). The van der Waals surface area contributed by atoms with Gasteiger partial charge in [0, 0.05) is 12.6 Å². The normalized spacial score (nSPS) is 17.4. The smallest absolute Gasteiger partial charge is 0.311 e. The molecule has 1 aromatic heterocycles. The number of rotatable bonds is 4. The number of amides is 1. The maximum absolute atomic E-state index is 11.9. The molecule has 0 saturated heterocycles. The lowest BCUT2D eigenvalue weighted by Gasteiger charge is -2.33. The van der Waals surface area contributed by atoms with E-state index >= 15 is 0 Å². The van der Waals surface area contributed by atoms with Gasteiger partial charge in [0.05, 0.1) is 5.41 Å². The molecular weight excluding hydrogens is 260 g/mol. The Morgan fingerprint density at radius 1 is 1.25 bits per heavy atom. The number of nitrogens with one attached hydrogen (secondary N) is 2. The number of aromatic amines is 1. The maximum atomic E-state index is 11.9. The van der Waals surface area contributed by atoms with E-state index in [1.807, 2.05) is 0 Å². The molecule has 6 nitrogen and oxygen atoms in total. The van der Waals surface area contributed by atoms with E-state index in [1.165, 1.54) is 18.2 Å². The third-order valence-electron chi connectivity index (χ3n) is 3.86. The van der Waals surface area contributed by atoms with Crippen molar-refractivity contribution in [3.05, 3.63) is 34.2 Å². The quantitative estimate of drug-likeness (QED) is 0.769. The van der Waals surface area contributed by atoms with Crippen LogP contribution >= 0.6 is 0 Å². The lowest BCUT2D eigenvalue weighted by atomic mass is 9.74. The van der Waals surface area contributed by atoms with Gasteiger partial charge in [0.1, 0.15) is 5.69 Å². The van der Waals surface area contributed by atoms with E-state index in [-0.39, 0.29) is 17.8 Å². The zero-order valence-corrected chi connectivity index (χ0v) is 11.1. The average Bonchev–Trinajstić information content (AvgIpc) is 2.45. The number of hydrogen-bond acceptors (Lipinski definition) is 3. The van der Waals surface area contributed by atoms with Gasteiger partial charge in [-0.1, -0.05) is 25.3 Å². The minimum Gasteiger partial charge on any atom is -0.481 e. The van der Waals surface area contributed by atoms with Gasteiger partial charge < -0.3 is 15.4 Å². The van der Waals surface area contributed by atoms with Gasteiger partial charge in [0.2, 0.25) is 5.56 Å². The van der Waals surface area contributed by atoms with Crippen LogP contribution in [0.3, 0.4) is 0 Å². The maximum Gasteiger partial charge on any atom is 0.311 e. The highest BCUT2D eigenvalue weighted by molar-refractivity contribution is 5.92. The highest BCUT2D eigenvalue weighted by Gasteiger charge is 2.39. The van der Waals surface area contributed by atoms with Crippen molar-refractivity contribution in [2.45, 2.75) is 32.1 Å². The number of hydrogen-bond donors (Lipinski definition) is 3. The van der Waals surface area contributed by atoms with Crippen LogP contribution in [0.4, 0.5) is 0 Å². The van der Waals surface area contributed by atoms with Crippen LogP contribution in [0.1, 0.15) is 42.6 Å². The fourth-order valence-corrected chi connectivity index (χ4v) is 2.62. The number of carboxylic acid groups (broad SMARTS) is 1. The summed E-state index contributed by atoms with van der Waals surface area (Å²) in [6.07, 6.45) is 3.92. The lowest BCUT2D eigenvalue weighted by Crippen LogP contribution is -2.44. The molecule has 0 unspecified atom stereocenters. The average molecular weight is 278 g/mol. The summed E-state index contributed by atoms with van der Waals surface area (Å²) in [6, 6.07) is 4.29. The molecule has 0 aromatic carbocycles. The molecule has 1 aliphatic rings. The predicted molar refractivity (Wildman–Crippen MR) is 72.5 cm³/mol. The fraction of sp³-hybridized carbons (Fsp3) is 0.500. The van der Waals surface area contributed by atoms with Gasteiger partial charge in [0.25, 0.3) is 5.91 Å². The topological polar surface area (TPSA) is 99.3 Å². The molecule has 6 heteroatoms. The second-order valence-electron chi connectivity index (χ2n) is 5.26. The molecule has 3 N–H and O–H groups in total. The number of carbonyl (C=O) groups is 2. The van der Waals surface area contributed by atoms with E-state index in [9.17, 15) is 19.5 Å². The predicted octanol–water partition coefficient (Wildman–Crippen LogP) is 1.14. The van der Waals surface area contributed by atoms with Crippen LogP contribution in [0.2, 0.25) is 0 Å². The van der Waals surface area contributed by atoms with Crippen molar-refractivity contribution in [1.29, 1.82) is 0 Å². The number of aliphatic carboxylic acids is 1. The van der Waals surface area contributed by atoms with Gasteiger partial charge in [-0.3, -0.25) is 14.4 Å². The summed E-state index contributed by atoms with van der Waals surface area (Å²) in [7, 11) is 0. The third-order valence-corrected chi connectivity index (χ3v) is 3.86. The van der Waals surface area contributed by atoms with Crippen molar-refractivity contribution in [3.8, 4) is 0 Å². The number of carboxylic acids is 1. The monoisotopic (exact) mass is 278 g/mol. The number of aromatic nitrogens is 1. The fourth-order valence-electron chi connectivity index (χ4n) is 2.62. The largest absolute Gasteiger partial charge is 0.481 e. The molecule has 2 rings (SSSR count). The van der Waals surface area contributed by atoms with Crippen molar-refractivity contribution < 1.29 is 14.7 Å². The molecule has 0 spiro atoms. The molecule has 0 bridgehead atoms. The number of carbonyl (C=O) groups excluding carboxylic acids is 1. The summed E-state index contributed by atoms with van der Waals surface area (Å²) in [5.41, 5.74) is -1.08. The van der Waals surface area contributed by atoms with Gasteiger partial charge >= 0.3 is 5.97 Å². The first kappa shape index (κ1) is 14.3. The summed E-state index contributed by atoms with van der Waals surface area (Å²) < 4.78 is 0. The first-order valence-corrected chi connectivity index (χ1v) is 6.74. The van der Waals surface area contributed by atoms with E-state index in [4.69, 9.17) is 0 Å². The van der Waals surface area contributed by atoms with E-state index in [0.29, 0.717) is 12.8 Å². The van der Waals surface area contributed by atoms with Crippen LogP contribution < -0.4 is 10.9 Å². The molecular formula is C14H18N2O4. The Kier molecular flexibility index (Phi) is 4.22. The third kappa shape index (κ3) is 3.07. The molecule has 1 saturated carbocycles. The molecule has 0 atom stereocenters. The van der Waals surface area contributed by atoms with E-state index in [0.717, 1.165) is 19.3 Å². The summed E-state index contributed by atoms with van der Waals surface area (Å²) >= 11 is 0. The molecule has 0 radical (unpaired) electrons. The first-order valence-electron chi connectivity index (χ1n) is 6.74. The van der Waals surface area contributed by atoms with Crippen LogP contribution in [0, 0.1) is 5.41 Å². The van der Waals surface area contributed by atoms with Crippen LogP contribution in [-0.4, -0.2) is 28.5 Å². The summed E-state index contributed by atoms with van der Waals surface area (Å²) in [5, 5.41) is 12.0. The Morgan fingerprint density at radius 2 is 1.95 bits per heavy atom. The van der Waals surface area contributed by atoms with Crippen molar-refractivity contribution in [2.24, 2.45) is 5.41 Å². The van der Waals surface area contributed by atoms with Gasteiger partial charge in [-0.15, -0.1) is 0 Å². The summed E-state index contributed by atoms with van der Waals surface area (Å²) in [5.74, 6) is -1.31. The van der Waals surface area contributed by atoms with Crippen molar-refractivity contribution in [3.63, 3.8) is 0 Å². The summed E-state index contributed by atoms with van der Waals surface area (Å²) in [6.45, 7) is 0.0953. The van der Waals surface area contributed by atoms with E-state index in [2.05, 4.69) is 10.3 Å². The zero-order chi connectivity index (χ0) is 14.6. The van der Waals surface area contributed by atoms with Crippen LogP contribution in [0.15, 0.2) is 23.0 Å². The summed E-state index contributed by atoms with van der Waals surface area (Å²) in [4.78, 5) is 37.0. The van der Waals surface area contributed by atoms with Gasteiger partial charge in [-0.05, 0) is 18.9 Å². The molecule has 1 fully saturated rings. The Balaban J connectivity index is 2.04. The van der Waals surface area contributed by atoms with Crippen LogP contribution in [0.5, 0.6) is 0 Å². The number of H-pyrrole nitrogens is 1. The Labute approximate surface area is 116 Å². The van der Waals surface area contributed by atoms with Crippen LogP contribution in [-0.2, 0) is 4.79 Å². The lowest BCUT2D eigenvalue weighted by molar-refractivity contribution is -0.150. The highest BCUT2D eigenvalue weighted by atomic mass is 16.4. The van der Waals surface area contributed by atoms with Crippen LogP contribution in [0.25, 0.3) is 0 Å². The number of pyridine rings is 1. The molecule has 0 aliphatic heterocycles. The van der Waals surface area contributed by atoms with Crippen molar-refractivity contribution in [2.75, 3.05) is 6.54 Å². The molecule has 1 heterocycles. The molecule has 1 aliphatic carbocycles. The second-order valence-corrected chi connectivity index (χ2v) is 5.26. The second kappa shape index (κ2) is 5.90. The van der Waals surface area contributed by atoms with E-state index < -0.39 is 17.3 Å². The van der Waals surface area contributed by atoms with Gasteiger partial charge in [0.15, 0.2) is 0 Å². The molecule has 108 valence electrons. The zero-order valence-electron chi connectivity index (χ0n) is 11.1. The molecule has 1 aromatic rings. The first-order chi connectivity index (χ1) is 9.53. The van der Waals surface area contributed by atoms with Crippen molar-refractivity contribution in [1.82, 2.24) is 10.3 Å². The van der Waals surface area contributed by atoms with Crippen molar-refractivity contribution >= 4 is 11.9 Å². The molecule has 20 heavy (non-hydrogen) atoms. The van der Waals surface area contributed by atoms with E-state index in [1.54, 1.807) is 0 Å². The van der Waals surface area contributed by atoms with Gasteiger partial charge in [-0.2, -0.15) is 0 Å². The Morgan fingerprint density at radius 3 is 2.55 bits per heavy atom. The minimum absolute atomic E-state index is 0.0953. The SMILES string of the molecule is O=C(NCC1(C(=O)O)CCCCC1)c1cccc(=O)[nH]1. The van der Waals surface area contributed by atoms with Gasteiger partial charge in [-0.25, -0.2) is 0 Å².